The summed E-state index contributed by atoms with van der Waals surface area (Å²) in [5, 5.41) is 9.88. The minimum atomic E-state index is -0.798. The lowest BCUT2D eigenvalue weighted by Crippen LogP contribution is -2.35. The Labute approximate surface area is 240 Å². The van der Waals surface area contributed by atoms with Crippen LogP contribution in [0.1, 0.15) is 128 Å². The number of rotatable bonds is 10. The van der Waals surface area contributed by atoms with Gasteiger partial charge in [0.2, 0.25) is 0 Å². The molecule has 2 aliphatic carbocycles. The van der Waals surface area contributed by atoms with Crippen LogP contribution in [0.25, 0.3) is 0 Å². The van der Waals surface area contributed by atoms with Gasteiger partial charge in [-0.3, -0.25) is 9.59 Å². The molecule has 0 bridgehead atoms. The van der Waals surface area contributed by atoms with E-state index in [1.165, 1.54) is 44.1 Å². The number of carbonyl (C=O) groups is 2. The zero-order valence-electron chi connectivity index (χ0n) is 24.9. The highest BCUT2D eigenvalue weighted by Crippen LogP contribution is 2.42. The van der Waals surface area contributed by atoms with Crippen LogP contribution in [0.4, 0.5) is 0 Å². The number of hydrogen-bond acceptors (Lipinski definition) is 5. The van der Waals surface area contributed by atoms with Gasteiger partial charge in [0, 0.05) is 0 Å². The molecular formula is C35H48O5. The van der Waals surface area contributed by atoms with Crippen molar-refractivity contribution in [1.82, 2.24) is 0 Å². The number of hydrogen-bond donors (Lipinski definition) is 1. The van der Waals surface area contributed by atoms with Crippen molar-refractivity contribution in [1.29, 1.82) is 0 Å². The van der Waals surface area contributed by atoms with Crippen LogP contribution < -0.4 is 4.74 Å². The molecule has 5 heteroatoms. The number of ether oxygens (including phenoxy) is 2. The van der Waals surface area contributed by atoms with Crippen molar-refractivity contribution in [3.63, 3.8) is 0 Å². The fourth-order valence-electron chi connectivity index (χ4n) is 6.44. The van der Waals surface area contributed by atoms with E-state index in [9.17, 15) is 14.7 Å². The van der Waals surface area contributed by atoms with Gasteiger partial charge in [-0.2, -0.15) is 0 Å². The Bertz CT molecular complexity index is 1100. The SMILES string of the molecule is CC(C)(CC(CC(C)(C)C(=O)OC1CCCCC1)c1ccc(O)cc1)C(=O)Oc1ccc(C2CCCCC2)cc1. The number of phenolic OH excluding ortho intramolecular Hbond substituents is 1. The minimum absolute atomic E-state index is 0.00330. The Kier molecular flexibility index (Phi) is 9.97. The van der Waals surface area contributed by atoms with Gasteiger partial charge in [-0.1, -0.05) is 49.9 Å². The maximum Gasteiger partial charge on any atom is 0.316 e. The van der Waals surface area contributed by atoms with E-state index in [1.807, 2.05) is 52.0 Å². The zero-order valence-corrected chi connectivity index (χ0v) is 24.9. The predicted octanol–water partition coefficient (Wildman–Crippen LogP) is 8.84. The third-order valence-corrected chi connectivity index (χ3v) is 8.98. The number of esters is 2. The van der Waals surface area contributed by atoms with Crippen LogP contribution in [0.5, 0.6) is 11.5 Å². The standard InChI is InChI=1S/C35H48O5/c1-34(2,32(37)39-30-13-9-6-10-14-30)23-28(27-15-19-29(36)20-16-27)24-35(3,4)33(38)40-31-21-17-26(18-22-31)25-11-7-5-8-12-25/h15-22,25,28,30,36H,5-14,23-24H2,1-4H3. The fraction of sp³-hybridized carbons (Fsp3) is 0.600. The zero-order chi connectivity index (χ0) is 28.8. The number of phenols is 1. The molecule has 0 aromatic heterocycles. The van der Waals surface area contributed by atoms with Gasteiger partial charge in [-0.25, -0.2) is 0 Å². The first-order valence-corrected chi connectivity index (χ1v) is 15.4. The summed E-state index contributed by atoms with van der Waals surface area (Å²) in [4.78, 5) is 26.7. The molecule has 2 saturated carbocycles. The van der Waals surface area contributed by atoms with E-state index in [1.54, 1.807) is 12.1 Å². The van der Waals surface area contributed by atoms with Crippen LogP contribution in [-0.2, 0) is 14.3 Å². The van der Waals surface area contributed by atoms with Crippen LogP contribution in [0.2, 0.25) is 0 Å². The van der Waals surface area contributed by atoms with E-state index in [2.05, 4.69) is 12.1 Å². The van der Waals surface area contributed by atoms with E-state index < -0.39 is 10.8 Å². The van der Waals surface area contributed by atoms with E-state index in [0.717, 1.165) is 31.2 Å². The van der Waals surface area contributed by atoms with Gasteiger partial charge in [0.15, 0.2) is 0 Å². The highest BCUT2D eigenvalue weighted by atomic mass is 16.5. The van der Waals surface area contributed by atoms with Gasteiger partial charge in [0.1, 0.15) is 17.6 Å². The van der Waals surface area contributed by atoms with Crippen molar-refractivity contribution >= 4 is 11.9 Å². The summed E-state index contributed by atoms with van der Waals surface area (Å²) in [6.07, 6.45) is 12.7. The molecule has 2 aliphatic rings. The molecule has 2 aromatic carbocycles. The van der Waals surface area contributed by atoms with E-state index >= 15 is 0 Å². The van der Waals surface area contributed by atoms with Crippen LogP contribution in [0, 0.1) is 10.8 Å². The van der Waals surface area contributed by atoms with Crippen LogP contribution in [-0.4, -0.2) is 23.1 Å². The van der Waals surface area contributed by atoms with Crippen molar-refractivity contribution in [2.24, 2.45) is 10.8 Å². The maximum atomic E-state index is 13.5. The van der Waals surface area contributed by atoms with Crippen LogP contribution in [0.15, 0.2) is 48.5 Å². The topological polar surface area (TPSA) is 72.8 Å². The second-order valence-electron chi connectivity index (χ2n) is 13.4. The van der Waals surface area contributed by atoms with E-state index in [-0.39, 0.29) is 29.7 Å². The average molecular weight is 549 g/mol. The van der Waals surface area contributed by atoms with Crippen LogP contribution in [0.3, 0.4) is 0 Å². The predicted molar refractivity (Wildman–Crippen MR) is 159 cm³/mol. The average Bonchev–Trinajstić information content (AvgIpc) is 2.94. The van der Waals surface area contributed by atoms with Crippen LogP contribution >= 0.6 is 0 Å². The largest absolute Gasteiger partial charge is 0.508 e. The minimum Gasteiger partial charge on any atom is -0.508 e. The Hall–Kier alpha value is -2.82. The third kappa shape index (κ3) is 8.11. The second-order valence-corrected chi connectivity index (χ2v) is 13.4. The third-order valence-electron chi connectivity index (χ3n) is 8.98. The van der Waals surface area contributed by atoms with Crippen molar-refractivity contribution in [2.75, 3.05) is 0 Å². The van der Waals surface area contributed by atoms with Gasteiger partial charge in [0.25, 0.3) is 0 Å². The number of benzene rings is 2. The van der Waals surface area contributed by atoms with Gasteiger partial charge in [-0.15, -0.1) is 0 Å². The Morgan fingerprint density at radius 3 is 1.85 bits per heavy atom. The van der Waals surface area contributed by atoms with Gasteiger partial charge < -0.3 is 14.6 Å². The molecule has 0 spiro atoms. The molecule has 0 heterocycles. The molecular weight excluding hydrogens is 500 g/mol. The molecule has 0 radical (unpaired) electrons. The summed E-state index contributed by atoms with van der Waals surface area (Å²) in [7, 11) is 0. The normalized spacial score (nSPS) is 18.2. The Morgan fingerprint density at radius 1 is 0.750 bits per heavy atom. The highest BCUT2D eigenvalue weighted by Gasteiger charge is 2.39. The first kappa shape index (κ1) is 30.1. The molecule has 2 aromatic rings. The van der Waals surface area contributed by atoms with Gasteiger partial charge in [0.05, 0.1) is 10.8 Å². The lowest BCUT2D eigenvalue weighted by Gasteiger charge is -2.34. The first-order chi connectivity index (χ1) is 19.0. The van der Waals surface area contributed by atoms with Crippen molar-refractivity contribution in [3.05, 3.63) is 59.7 Å². The quantitative estimate of drug-likeness (QED) is 0.237. The summed E-state index contributed by atoms with van der Waals surface area (Å²) in [6, 6.07) is 15.1. The number of aromatic hydroxyl groups is 1. The summed E-state index contributed by atoms with van der Waals surface area (Å²) in [6.45, 7) is 7.69. The first-order valence-electron chi connectivity index (χ1n) is 15.4. The van der Waals surface area contributed by atoms with Crippen molar-refractivity contribution < 1.29 is 24.2 Å². The summed E-state index contributed by atoms with van der Waals surface area (Å²) < 4.78 is 11.8. The van der Waals surface area contributed by atoms with E-state index in [4.69, 9.17) is 9.47 Å². The molecule has 0 saturated heterocycles. The smallest absolute Gasteiger partial charge is 0.316 e. The number of carbonyl (C=O) groups excluding carboxylic acids is 2. The monoisotopic (exact) mass is 548 g/mol. The Balaban J connectivity index is 1.45. The summed E-state index contributed by atoms with van der Waals surface area (Å²) in [5.74, 6) is 0.787. The molecule has 0 amide bonds. The maximum absolute atomic E-state index is 13.5. The van der Waals surface area contributed by atoms with Gasteiger partial charge in [-0.05, 0) is 126 Å². The van der Waals surface area contributed by atoms with Crippen molar-refractivity contribution in [2.45, 2.75) is 123 Å². The Morgan fingerprint density at radius 2 is 1.27 bits per heavy atom. The molecule has 218 valence electrons. The molecule has 1 atom stereocenters. The van der Waals surface area contributed by atoms with Crippen molar-refractivity contribution in [3.8, 4) is 11.5 Å². The molecule has 1 unspecified atom stereocenters. The van der Waals surface area contributed by atoms with E-state index in [0.29, 0.717) is 24.5 Å². The fourth-order valence-corrected chi connectivity index (χ4v) is 6.44. The molecule has 40 heavy (non-hydrogen) atoms. The molecule has 4 rings (SSSR count). The lowest BCUT2D eigenvalue weighted by molar-refractivity contribution is -0.161. The summed E-state index contributed by atoms with van der Waals surface area (Å²) >= 11 is 0. The molecule has 2 fully saturated rings. The van der Waals surface area contributed by atoms with Gasteiger partial charge >= 0.3 is 11.9 Å². The molecule has 5 nitrogen and oxygen atoms in total. The lowest BCUT2D eigenvalue weighted by atomic mass is 9.72. The summed E-state index contributed by atoms with van der Waals surface area (Å²) in [5.41, 5.74) is 0.783. The molecule has 0 aliphatic heterocycles. The molecule has 1 N–H and O–H groups in total. The highest BCUT2D eigenvalue weighted by molar-refractivity contribution is 5.79. The second kappa shape index (κ2) is 13.2.